The highest BCUT2D eigenvalue weighted by Gasteiger charge is 2.33. The molecule has 1 amide bonds. The van der Waals surface area contributed by atoms with E-state index >= 15 is 0 Å². The summed E-state index contributed by atoms with van der Waals surface area (Å²) in [6.07, 6.45) is 8.82. The standard InChI is InChI=1S/C15H25NO3/c1-16(13-5-3-2-4-6-13)14(17)11-7-9-12(10-8-11)15(18)19/h11-13H,2-10H2,1H3,(H,18,19). The monoisotopic (exact) mass is 267 g/mol. The molecule has 0 aromatic rings. The highest BCUT2D eigenvalue weighted by Crippen LogP contribution is 2.31. The van der Waals surface area contributed by atoms with E-state index in [0.717, 1.165) is 25.7 Å². The molecule has 0 spiro atoms. The molecule has 0 saturated heterocycles. The number of rotatable bonds is 3. The molecule has 2 aliphatic rings. The van der Waals surface area contributed by atoms with E-state index in [1.54, 1.807) is 0 Å². The Balaban J connectivity index is 1.84. The second-order valence-electron chi connectivity index (χ2n) is 6.13. The van der Waals surface area contributed by atoms with Crippen LogP contribution in [0.5, 0.6) is 0 Å². The average Bonchev–Trinajstić information content (AvgIpc) is 2.46. The molecule has 0 aromatic carbocycles. The fourth-order valence-corrected chi connectivity index (χ4v) is 3.52. The summed E-state index contributed by atoms with van der Waals surface area (Å²) in [5, 5.41) is 8.98. The first-order chi connectivity index (χ1) is 9.09. The summed E-state index contributed by atoms with van der Waals surface area (Å²) in [6, 6.07) is 0.415. The SMILES string of the molecule is CN(C(=O)C1CCC(C(=O)O)CC1)C1CCCCC1. The second-order valence-corrected chi connectivity index (χ2v) is 6.13. The van der Waals surface area contributed by atoms with Crippen LogP contribution in [0.25, 0.3) is 0 Å². The van der Waals surface area contributed by atoms with Crippen molar-refractivity contribution in [3.63, 3.8) is 0 Å². The van der Waals surface area contributed by atoms with E-state index in [0.29, 0.717) is 18.9 Å². The molecular weight excluding hydrogens is 242 g/mol. The van der Waals surface area contributed by atoms with Crippen LogP contribution in [0.3, 0.4) is 0 Å². The number of hydrogen-bond acceptors (Lipinski definition) is 2. The molecule has 2 saturated carbocycles. The molecule has 2 aliphatic carbocycles. The fraction of sp³-hybridized carbons (Fsp3) is 0.867. The third-order valence-corrected chi connectivity index (χ3v) is 4.90. The zero-order chi connectivity index (χ0) is 13.8. The molecule has 0 atom stereocenters. The van der Waals surface area contributed by atoms with Gasteiger partial charge in [-0.25, -0.2) is 0 Å². The van der Waals surface area contributed by atoms with Crippen molar-refractivity contribution in [1.29, 1.82) is 0 Å². The Kier molecular flexibility index (Phi) is 4.83. The molecule has 0 unspecified atom stereocenters. The predicted molar refractivity (Wildman–Crippen MR) is 72.7 cm³/mol. The molecule has 0 bridgehead atoms. The fourth-order valence-electron chi connectivity index (χ4n) is 3.52. The van der Waals surface area contributed by atoms with Crippen molar-refractivity contribution in [2.24, 2.45) is 11.8 Å². The Hall–Kier alpha value is -1.06. The van der Waals surface area contributed by atoms with Crippen molar-refractivity contribution in [2.75, 3.05) is 7.05 Å². The van der Waals surface area contributed by atoms with Crippen LogP contribution in [0.1, 0.15) is 57.8 Å². The summed E-state index contributed by atoms with van der Waals surface area (Å²) in [5.41, 5.74) is 0. The second kappa shape index (κ2) is 6.40. The number of hydrogen-bond donors (Lipinski definition) is 1. The van der Waals surface area contributed by atoms with E-state index < -0.39 is 5.97 Å². The summed E-state index contributed by atoms with van der Waals surface area (Å²) in [7, 11) is 1.93. The van der Waals surface area contributed by atoms with E-state index in [1.807, 2.05) is 11.9 Å². The van der Waals surface area contributed by atoms with Crippen LogP contribution in [-0.4, -0.2) is 35.0 Å². The number of carbonyl (C=O) groups excluding carboxylic acids is 1. The van der Waals surface area contributed by atoms with Crippen LogP contribution < -0.4 is 0 Å². The van der Waals surface area contributed by atoms with Gasteiger partial charge in [0.1, 0.15) is 0 Å². The normalized spacial score (nSPS) is 28.9. The van der Waals surface area contributed by atoms with Crippen LogP contribution in [0.4, 0.5) is 0 Å². The van der Waals surface area contributed by atoms with Gasteiger partial charge in [0.2, 0.25) is 5.91 Å². The highest BCUT2D eigenvalue weighted by molar-refractivity contribution is 5.79. The van der Waals surface area contributed by atoms with Gasteiger partial charge < -0.3 is 10.0 Å². The van der Waals surface area contributed by atoms with Gasteiger partial charge in [-0.05, 0) is 38.5 Å². The Morgan fingerprint density at radius 2 is 1.42 bits per heavy atom. The molecule has 108 valence electrons. The molecular formula is C15H25NO3. The molecule has 0 heterocycles. The third-order valence-electron chi connectivity index (χ3n) is 4.90. The highest BCUT2D eigenvalue weighted by atomic mass is 16.4. The Morgan fingerprint density at radius 3 is 1.95 bits per heavy atom. The van der Waals surface area contributed by atoms with Crippen molar-refractivity contribution in [1.82, 2.24) is 4.90 Å². The van der Waals surface area contributed by atoms with Crippen molar-refractivity contribution < 1.29 is 14.7 Å². The minimum Gasteiger partial charge on any atom is -0.481 e. The Labute approximate surface area is 115 Å². The van der Waals surface area contributed by atoms with Crippen LogP contribution in [0, 0.1) is 11.8 Å². The summed E-state index contributed by atoms with van der Waals surface area (Å²) in [6.45, 7) is 0. The lowest BCUT2D eigenvalue weighted by Gasteiger charge is -2.35. The van der Waals surface area contributed by atoms with Crippen molar-refractivity contribution >= 4 is 11.9 Å². The summed E-state index contributed by atoms with van der Waals surface area (Å²) < 4.78 is 0. The zero-order valence-corrected chi connectivity index (χ0v) is 11.8. The smallest absolute Gasteiger partial charge is 0.306 e. The van der Waals surface area contributed by atoms with E-state index in [2.05, 4.69) is 0 Å². The van der Waals surface area contributed by atoms with Crippen LogP contribution >= 0.6 is 0 Å². The number of carboxylic acids is 1. The van der Waals surface area contributed by atoms with Gasteiger partial charge in [0.25, 0.3) is 0 Å². The Bertz CT molecular complexity index is 328. The molecule has 2 rings (SSSR count). The summed E-state index contributed by atoms with van der Waals surface area (Å²) in [4.78, 5) is 25.3. The summed E-state index contributed by atoms with van der Waals surface area (Å²) >= 11 is 0. The van der Waals surface area contributed by atoms with Gasteiger partial charge in [0.05, 0.1) is 5.92 Å². The number of amides is 1. The van der Waals surface area contributed by atoms with Crippen molar-refractivity contribution in [3.05, 3.63) is 0 Å². The van der Waals surface area contributed by atoms with Crippen LogP contribution in [0.2, 0.25) is 0 Å². The number of aliphatic carboxylic acids is 1. The molecule has 4 heteroatoms. The lowest BCUT2D eigenvalue weighted by molar-refractivity contribution is -0.146. The van der Waals surface area contributed by atoms with Crippen LogP contribution in [-0.2, 0) is 9.59 Å². The molecule has 0 aliphatic heterocycles. The van der Waals surface area contributed by atoms with E-state index in [-0.39, 0.29) is 17.7 Å². The van der Waals surface area contributed by atoms with E-state index in [9.17, 15) is 9.59 Å². The maximum atomic E-state index is 12.5. The van der Waals surface area contributed by atoms with E-state index in [1.165, 1.54) is 19.3 Å². The Morgan fingerprint density at radius 1 is 0.895 bits per heavy atom. The molecule has 0 aromatic heterocycles. The number of nitrogens with zero attached hydrogens (tertiary/aromatic N) is 1. The quantitative estimate of drug-likeness (QED) is 0.855. The summed E-state index contributed by atoms with van der Waals surface area (Å²) in [5.74, 6) is -0.631. The van der Waals surface area contributed by atoms with Crippen molar-refractivity contribution in [2.45, 2.75) is 63.8 Å². The number of carbonyl (C=O) groups is 2. The first-order valence-corrected chi connectivity index (χ1v) is 7.59. The minimum absolute atomic E-state index is 0.0579. The van der Waals surface area contributed by atoms with Gasteiger partial charge in [-0.15, -0.1) is 0 Å². The van der Waals surface area contributed by atoms with Gasteiger partial charge in [-0.1, -0.05) is 19.3 Å². The lowest BCUT2D eigenvalue weighted by atomic mass is 9.81. The van der Waals surface area contributed by atoms with Gasteiger partial charge >= 0.3 is 5.97 Å². The molecule has 0 radical (unpaired) electrons. The van der Waals surface area contributed by atoms with Crippen molar-refractivity contribution in [3.8, 4) is 0 Å². The largest absolute Gasteiger partial charge is 0.481 e. The van der Waals surface area contributed by atoms with E-state index in [4.69, 9.17) is 5.11 Å². The van der Waals surface area contributed by atoms with Gasteiger partial charge in [-0.3, -0.25) is 9.59 Å². The first-order valence-electron chi connectivity index (χ1n) is 7.59. The average molecular weight is 267 g/mol. The van der Waals surface area contributed by atoms with Crippen LogP contribution in [0.15, 0.2) is 0 Å². The topological polar surface area (TPSA) is 57.6 Å². The number of carboxylic acid groups (broad SMARTS) is 1. The molecule has 4 nitrogen and oxygen atoms in total. The maximum Gasteiger partial charge on any atom is 0.306 e. The predicted octanol–water partition coefficient (Wildman–Crippen LogP) is 2.67. The zero-order valence-electron chi connectivity index (χ0n) is 11.8. The molecule has 2 fully saturated rings. The first kappa shape index (κ1) is 14.4. The minimum atomic E-state index is -0.702. The molecule has 19 heavy (non-hydrogen) atoms. The third kappa shape index (κ3) is 3.48. The van der Waals surface area contributed by atoms with Gasteiger partial charge in [0.15, 0.2) is 0 Å². The molecule has 1 N–H and O–H groups in total. The van der Waals surface area contributed by atoms with Gasteiger partial charge in [0, 0.05) is 19.0 Å². The van der Waals surface area contributed by atoms with Gasteiger partial charge in [-0.2, -0.15) is 0 Å². The maximum absolute atomic E-state index is 12.5. The lowest BCUT2D eigenvalue weighted by Crippen LogP contribution is -2.42.